The van der Waals surface area contributed by atoms with Gasteiger partial charge in [0.1, 0.15) is 0 Å². The van der Waals surface area contributed by atoms with Gasteiger partial charge in [0.2, 0.25) is 5.91 Å². The average molecular weight is 364 g/mol. The quantitative estimate of drug-likeness (QED) is 0.837. The van der Waals surface area contributed by atoms with Crippen LogP contribution in [-0.2, 0) is 17.8 Å². The fraction of sp³-hybridized carbons (Fsp3) is 0.500. The zero-order chi connectivity index (χ0) is 18.5. The second-order valence-corrected chi connectivity index (χ2v) is 8.09. The lowest BCUT2D eigenvalue weighted by Gasteiger charge is -2.48. The Morgan fingerprint density at radius 2 is 1.85 bits per heavy atom. The van der Waals surface area contributed by atoms with Gasteiger partial charge in [-0.25, -0.2) is 0 Å². The van der Waals surface area contributed by atoms with Crippen molar-refractivity contribution in [3.05, 3.63) is 60.2 Å². The van der Waals surface area contributed by atoms with Crippen molar-refractivity contribution in [2.45, 2.75) is 38.6 Å². The van der Waals surface area contributed by atoms with Gasteiger partial charge in [0.05, 0.1) is 12.1 Å². The molecule has 0 saturated carbocycles. The van der Waals surface area contributed by atoms with Crippen molar-refractivity contribution in [3.8, 4) is 0 Å². The summed E-state index contributed by atoms with van der Waals surface area (Å²) in [6, 6.07) is 10.7. The number of aromatic nitrogens is 2. The molecule has 1 atom stereocenters. The van der Waals surface area contributed by atoms with Crippen molar-refractivity contribution in [3.63, 3.8) is 0 Å². The fourth-order valence-electron chi connectivity index (χ4n) is 4.73. The van der Waals surface area contributed by atoms with Gasteiger partial charge < -0.3 is 4.90 Å². The Bertz CT molecular complexity index is 747. The summed E-state index contributed by atoms with van der Waals surface area (Å²) >= 11 is 0. The molecule has 1 unspecified atom stereocenters. The van der Waals surface area contributed by atoms with E-state index < -0.39 is 0 Å². The Kier molecular flexibility index (Phi) is 5.48. The molecule has 0 N–H and O–H groups in total. The van der Waals surface area contributed by atoms with Crippen LogP contribution in [0.15, 0.2) is 48.9 Å². The second kappa shape index (κ2) is 8.17. The van der Waals surface area contributed by atoms with E-state index >= 15 is 0 Å². The molecule has 1 aromatic heterocycles. The minimum absolute atomic E-state index is 0.190. The number of rotatable bonds is 4. The highest BCUT2D eigenvalue weighted by Crippen LogP contribution is 2.39. The predicted octanol–water partition coefficient (Wildman–Crippen LogP) is 2.92. The van der Waals surface area contributed by atoms with Gasteiger partial charge in [0, 0.05) is 50.2 Å². The van der Waals surface area contributed by atoms with E-state index in [1.807, 2.05) is 0 Å². The summed E-state index contributed by atoms with van der Waals surface area (Å²) in [5, 5.41) is 0. The number of carbonyl (C=O) groups is 1. The van der Waals surface area contributed by atoms with Crippen LogP contribution in [0.25, 0.3) is 0 Å². The standard InChI is InChI=1S/C22H28N4O/c27-21(14-20-15-23-10-11-24-20)26-13-5-9-22(18-26)8-4-12-25(17-22)16-19-6-2-1-3-7-19/h1-3,6-7,10-11,15H,4-5,8-9,12-14,16-18H2. The monoisotopic (exact) mass is 364 g/mol. The molecule has 2 fully saturated rings. The van der Waals surface area contributed by atoms with Crippen LogP contribution in [0.5, 0.6) is 0 Å². The van der Waals surface area contributed by atoms with Crippen molar-refractivity contribution >= 4 is 5.91 Å². The molecule has 4 rings (SSSR count). The van der Waals surface area contributed by atoms with E-state index in [9.17, 15) is 4.79 Å². The summed E-state index contributed by atoms with van der Waals surface area (Å²) in [4.78, 5) is 25.8. The Labute approximate surface area is 161 Å². The predicted molar refractivity (Wildman–Crippen MR) is 105 cm³/mol. The summed E-state index contributed by atoms with van der Waals surface area (Å²) in [7, 11) is 0. The molecule has 0 radical (unpaired) electrons. The van der Waals surface area contributed by atoms with Crippen LogP contribution in [-0.4, -0.2) is 51.9 Å². The summed E-state index contributed by atoms with van der Waals surface area (Å²) < 4.78 is 0. The highest BCUT2D eigenvalue weighted by Gasteiger charge is 2.40. The third kappa shape index (κ3) is 4.53. The molecule has 2 saturated heterocycles. The van der Waals surface area contributed by atoms with Crippen LogP contribution >= 0.6 is 0 Å². The van der Waals surface area contributed by atoms with Crippen LogP contribution in [0, 0.1) is 5.41 Å². The van der Waals surface area contributed by atoms with Gasteiger partial charge in [0.15, 0.2) is 0 Å². The molecule has 0 aliphatic carbocycles. The number of carbonyl (C=O) groups excluding carboxylic acids is 1. The molecule has 2 aliphatic heterocycles. The first-order valence-electron chi connectivity index (χ1n) is 10.0. The maximum atomic E-state index is 12.8. The molecule has 3 heterocycles. The first-order chi connectivity index (χ1) is 13.2. The molecule has 1 amide bonds. The van der Waals surface area contributed by atoms with Crippen molar-refractivity contribution in [1.82, 2.24) is 19.8 Å². The Morgan fingerprint density at radius 3 is 2.63 bits per heavy atom. The molecule has 1 aromatic carbocycles. The second-order valence-electron chi connectivity index (χ2n) is 8.09. The largest absolute Gasteiger partial charge is 0.342 e. The number of nitrogens with zero attached hydrogens (tertiary/aromatic N) is 4. The zero-order valence-corrected chi connectivity index (χ0v) is 15.9. The number of amides is 1. The lowest BCUT2D eigenvalue weighted by atomic mass is 9.73. The third-order valence-corrected chi connectivity index (χ3v) is 5.95. The van der Waals surface area contributed by atoms with E-state index in [4.69, 9.17) is 0 Å². The van der Waals surface area contributed by atoms with Gasteiger partial charge in [-0.1, -0.05) is 30.3 Å². The van der Waals surface area contributed by atoms with E-state index in [-0.39, 0.29) is 11.3 Å². The number of benzene rings is 1. The molecular formula is C22H28N4O. The van der Waals surface area contributed by atoms with Crippen LogP contribution in [0.3, 0.4) is 0 Å². The normalized spacial score (nSPS) is 23.5. The van der Waals surface area contributed by atoms with Crippen LogP contribution in [0.1, 0.15) is 36.9 Å². The topological polar surface area (TPSA) is 49.3 Å². The number of hydrogen-bond acceptors (Lipinski definition) is 4. The first-order valence-corrected chi connectivity index (χ1v) is 10.0. The fourth-order valence-corrected chi connectivity index (χ4v) is 4.73. The molecule has 0 bridgehead atoms. The number of piperidine rings is 2. The SMILES string of the molecule is O=C(Cc1cnccn1)N1CCCC2(CCCN(Cc3ccccc3)C2)C1. The van der Waals surface area contributed by atoms with Gasteiger partial charge in [-0.3, -0.25) is 19.7 Å². The van der Waals surface area contributed by atoms with Crippen molar-refractivity contribution in [2.75, 3.05) is 26.2 Å². The Morgan fingerprint density at radius 1 is 1.04 bits per heavy atom. The Balaban J connectivity index is 1.39. The maximum Gasteiger partial charge on any atom is 0.228 e. The van der Waals surface area contributed by atoms with Gasteiger partial charge >= 0.3 is 0 Å². The molecule has 2 aliphatic rings. The Hall–Kier alpha value is -2.27. The molecular weight excluding hydrogens is 336 g/mol. The van der Waals surface area contributed by atoms with E-state index in [1.54, 1.807) is 18.6 Å². The molecule has 142 valence electrons. The van der Waals surface area contributed by atoms with E-state index in [0.29, 0.717) is 6.42 Å². The van der Waals surface area contributed by atoms with E-state index in [0.717, 1.165) is 44.8 Å². The lowest BCUT2D eigenvalue weighted by molar-refractivity contribution is -0.135. The summed E-state index contributed by atoms with van der Waals surface area (Å²) in [6.07, 6.45) is 10.1. The van der Waals surface area contributed by atoms with Crippen molar-refractivity contribution in [1.29, 1.82) is 0 Å². The minimum atomic E-state index is 0.190. The molecule has 1 spiro atoms. The first kappa shape index (κ1) is 18.1. The third-order valence-electron chi connectivity index (χ3n) is 5.95. The molecule has 5 heteroatoms. The number of hydrogen-bond donors (Lipinski definition) is 0. The average Bonchev–Trinajstić information content (AvgIpc) is 2.70. The summed E-state index contributed by atoms with van der Waals surface area (Å²) in [6.45, 7) is 5.02. The van der Waals surface area contributed by atoms with E-state index in [2.05, 4.69) is 50.1 Å². The van der Waals surface area contributed by atoms with E-state index in [1.165, 1.54) is 24.8 Å². The summed E-state index contributed by atoms with van der Waals surface area (Å²) in [5.41, 5.74) is 2.39. The zero-order valence-electron chi connectivity index (χ0n) is 15.9. The van der Waals surface area contributed by atoms with Crippen LogP contribution in [0.4, 0.5) is 0 Å². The van der Waals surface area contributed by atoms with Crippen LogP contribution in [0.2, 0.25) is 0 Å². The number of likely N-dealkylation sites (tertiary alicyclic amines) is 2. The van der Waals surface area contributed by atoms with Gasteiger partial charge in [-0.2, -0.15) is 0 Å². The van der Waals surface area contributed by atoms with Crippen molar-refractivity contribution in [2.24, 2.45) is 5.41 Å². The van der Waals surface area contributed by atoms with Gasteiger partial charge in [0.25, 0.3) is 0 Å². The molecule has 2 aromatic rings. The highest BCUT2D eigenvalue weighted by molar-refractivity contribution is 5.78. The highest BCUT2D eigenvalue weighted by atomic mass is 16.2. The molecule has 5 nitrogen and oxygen atoms in total. The van der Waals surface area contributed by atoms with Crippen molar-refractivity contribution < 1.29 is 4.79 Å². The van der Waals surface area contributed by atoms with Gasteiger partial charge in [-0.15, -0.1) is 0 Å². The van der Waals surface area contributed by atoms with Gasteiger partial charge in [-0.05, 0) is 37.8 Å². The molecule has 27 heavy (non-hydrogen) atoms. The lowest BCUT2D eigenvalue weighted by Crippen LogP contribution is -2.53. The van der Waals surface area contributed by atoms with Crippen LogP contribution < -0.4 is 0 Å². The minimum Gasteiger partial charge on any atom is -0.342 e. The summed E-state index contributed by atoms with van der Waals surface area (Å²) in [5.74, 6) is 0.190. The smallest absolute Gasteiger partial charge is 0.228 e. The maximum absolute atomic E-state index is 12.8.